The van der Waals surface area contributed by atoms with Crippen molar-refractivity contribution in [2.24, 2.45) is 0 Å². The number of nitrogens with one attached hydrogen (secondary N) is 1. The number of halogens is 1. The minimum atomic E-state index is -0.0869. The highest BCUT2D eigenvalue weighted by Gasteiger charge is 2.13. The van der Waals surface area contributed by atoms with Crippen LogP contribution in [-0.4, -0.2) is 31.4 Å². The average molecular weight is 237 g/mol. The molecule has 1 aromatic carbocycles. The summed E-state index contributed by atoms with van der Waals surface area (Å²) in [5, 5.41) is 3.54. The van der Waals surface area contributed by atoms with Gasteiger partial charge in [-0.2, -0.15) is 0 Å². The highest BCUT2D eigenvalue weighted by Crippen LogP contribution is 2.21. The highest BCUT2D eigenvalue weighted by molar-refractivity contribution is 6.31. The average Bonchev–Trinajstić information content (AvgIpc) is 2.25. The van der Waals surface area contributed by atoms with Crippen LogP contribution in [0.4, 0.5) is 5.69 Å². The molecule has 0 aliphatic carbocycles. The van der Waals surface area contributed by atoms with Gasteiger partial charge in [0.1, 0.15) is 0 Å². The molecule has 0 aliphatic heterocycles. The maximum atomic E-state index is 11.8. The fourth-order valence-corrected chi connectivity index (χ4v) is 1.41. The van der Waals surface area contributed by atoms with E-state index in [4.69, 9.17) is 18.0 Å². The van der Waals surface area contributed by atoms with Crippen molar-refractivity contribution in [1.29, 1.82) is 0 Å². The van der Waals surface area contributed by atoms with Crippen LogP contribution in [-0.2, 0) is 0 Å². The van der Waals surface area contributed by atoms with Gasteiger partial charge in [0, 0.05) is 24.8 Å². The largest absolute Gasteiger partial charge is 0.373 e. The molecule has 4 heteroatoms. The van der Waals surface area contributed by atoms with Gasteiger partial charge in [0.05, 0.1) is 12.1 Å². The second kappa shape index (κ2) is 5.43. The summed E-state index contributed by atoms with van der Waals surface area (Å²) in [4.78, 5) is 13.3. The van der Waals surface area contributed by atoms with E-state index in [9.17, 15) is 4.79 Å². The van der Waals surface area contributed by atoms with Gasteiger partial charge in [-0.15, -0.1) is 6.42 Å². The lowest BCUT2D eigenvalue weighted by Gasteiger charge is -2.14. The standard InChI is InChI=1S/C12H13ClN2O/c1-4-7-14-11-8-9(13)5-6-10(11)12(16)15(2)3/h1,5-6,8,14H,7H2,2-3H3. The van der Waals surface area contributed by atoms with Crippen LogP contribution >= 0.6 is 11.6 Å². The molecule has 0 atom stereocenters. The molecule has 0 saturated carbocycles. The van der Waals surface area contributed by atoms with E-state index in [1.54, 1.807) is 32.3 Å². The fourth-order valence-electron chi connectivity index (χ4n) is 1.24. The van der Waals surface area contributed by atoms with Gasteiger partial charge in [0.25, 0.3) is 5.91 Å². The molecular formula is C12H13ClN2O. The molecule has 0 spiro atoms. The molecule has 16 heavy (non-hydrogen) atoms. The quantitative estimate of drug-likeness (QED) is 0.816. The third-order valence-electron chi connectivity index (χ3n) is 2.00. The molecule has 0 heterocycles. The first-order chi connectivity index (χ1) is 7.56. The number of carbonyl (C=O) groups excluding carboxylic acids is 1. The topological polar surface area (TPSA) is 32.3 Å². The zero-order valence-corrected chi connectivity index (χ0v) is 10.0. The van der Waals surface area contributed by atoms with Crippen molar-refractivity contribution in [2.75, 3.05) is 26.0 Å². The molecule has 84 valence electrons. The molecule has 0 radical (unpaired) electrons. The third-order valence-corrected chi connectivity index (χ3v) is 2.23. The van der Waals surface area contributed by atoms with E-state index >= 15 is 0 Å². The summed E-state index contributed by atoms with van der Waals surface area (Å²) in [6.45, 7) is 0.355. The molecule has 0 saturated heterocycles. The molecule has 0 unspecified atom stereocenters. The number of carbonyl (C=O) groups is 1. The van der Waals surface area contributed by atoms with Gasteiger partial charge in [-0.05, 0) is 18.2 Å². The number of anilines is 1. The molecule has 1 aromatic rings. The first-order valence-electron chi connectivity index (χ1n) is 4.74. The number of hydrogen-bond acceptors (Lipinski definition) is 2. The van der Waals surface area contributed by atoms with E-state index in [1.807, 2.05) is 0 Å². The predicted octanol–water partition coefficient (Wildman–Crippen LogP) is 2.09. The Morgan fingerprint density at radius 1 is 1.56 bits per heavy atom. The Hall–Kier alpha value is -1.66. The smallest absolute Gasteiger partial charge is 0.255 e. The monoisotopic (exact) mass is 236 g/mol. The number of nitrogens with zero attached hydrogens (tertiary/aromatic N) is 1. The van der Waals surface area contributed by atoms with Crippen LogP contribution in [0.2, 0.25) is 5.02 Å². The summed E-state index contributed by atoms with van der Waals surface area (Å²) in [5.74, 6) is 2.37. The fraction of sp³-hybridized carbons (Fsp3) is 0.250. The Morgan fingerprint density at radius 3 is 2.81 bits per heavy atom. The Labute approximate surface area is 100 Å². The van der Waals surface area contributed by atoms with Crippen molar-refractivity contribution >= 4 is 23.2 Å². The van der Waals surface area contributed by atoms with E-state index in [0.29, 0.717) is 22.8 Å². The van der Waals surface area contributed by atoms with Gasteiger partial charge < -0.3 is 10.2 Å². The summed E-state index contributed by atoms with van der Waals surface area (Å²) in [6.07, 6.45) is 5.16. The maximum absolute atomic E-state index is 11.8. The van der Waals surface area contributed by atoms with Crippen LogP contribution < -0.4 is 5.32 Å². The van der Waals surface area contributed by atoms with Crippen molar-refractivity contribution in [3.63, 3.8) is 0 Å². The Morgan fingerprint density at radius 2 is 2.25 bits per heavy atom. The number of benzene rings is 1. The summed E-state index contributed by atoms with van der Waals surface area (Å²) < 4.78 is 0. The van der Waals surface area contributed by atoms with Gasteiger partial charge >= 0.3 is 0 Å². The van der Waals surface area contributed by atoms with Gasteiger partial charge in [-0.25, -0.2) is 0 Å². The van der Waals surface area contributed by atoms with Gasteiger partial charge in [-0.3, -0.25) is 4.79 Å². The van der Waals surface area contributed by atoms with Crippen LogP contribution in [0.1, 0.15) is 10.4 Å². The maximum Gasteiger partial charge on any atom is 0.255 e. The molecular weight excluding hydrogens is 224 g/mol. The van der Waals surface area contributed by atoms with Crippen LogP contribution in [0.3, 0.4) is 0 Å². The zero-order valence-electron chi connectivity index (χ0n) is 9.25. The van der Waals surface area contributed by atoms with Crippen LogP contribution in [0.15, 0.2) is 18.2 Å². The SMILES string of the molecule is C#CCNc1cc(Cl)ccc1C(=O)N(C)C. The van der Waals surface area contributed by atoms with Crippen LogP contribution in [0.5, 0.6) is 0 Å². The molecule has 1 N–H and O–H groups in total. The van der Waals surface area contributed by atoms with Crippen molar-refractivity contribution in [1.82, 2.24) is 4.90 Å². The lowest BCUT2D eigenvalue weighted by Crippen LogP contribution is -2.23. The van der Waals surface area contributed by atoms with E-state index < -0.39 is 0 Å². The van der Waals surface area contributed by atoms with Crippen molar-refractivity contribution < 1.29 is 4.79 Å². The summed E-state index contributed by atoms with van der Waals surface area (Å²) in [5.41, 5.74) is 1.22. The Balaban J connectivity index is 3.08. The second-order valence-corrected chi connectivity index (χ2v) is 3.88. The van der Waals surface area contributed by atoms with E-state index in [2.05, 4.69) is 11.2 Å². The Bertz CT molecular complexity index is 435. The predicted molar refractivity (Wildman–Crippen MR) is 66.8 cm³/mol. The number of hydrogen-bond donors (Lipinski definition) is 1. The van der Waals surface area contributed by atoms with Crippen molar-refractivity contribution in [3.05, 3.63) is 28.8 Å². The normalized spacial score (nSPS) is 9.38. The molecule has 3 nitrogen and oxygen atoms in total. The number of rotatable bonds is 3. The van der Waals surface area contributed by atoms with E-state index in [-0.39, 0.29) is 5.91 Å². The van der Waals surface area contributed by atoms with Crippen LogP contribution in [0, 0.1) is 12.3 Å². The lowest BCUT2D eigenvalue weighted by atomic mass is 10.1. The minimum absolute atomic E-state index is 0.0869. The van der Waals surface area contributed by atoms with Gasteiger partial charge in [0.15, 0.2) is 0 Å². The second-order valence-electron chi connectivity index (χ2n) is 3.45. The van der Waals surface area contributed by atoms with Gasteiger partial charge in [-0.1, -0.05) is 17.5 Å². The van der Waals surface area contributed by atoms with Gasteiger partial charge in [0.2, 0.25) is 0 Å². The Kier molecular flexibility index (Phi) is 4.21. The lowest BCUT2D eigenvalue weighted by molar-refractivity contribution is 0.0828. The van der Waals surface area contributed by atoms with E-state index in [0.717, 1.165) is 0 Å². The summed E-state index contributed by atoms with van der Waals surface area (Å²) in [7, 11) is 3.39. The zero-order chi connectivity index (χ0) is 12.1. The summed E-state index contributed by atoms with van der Waals surface area (Å²) in [6, 6.07) is 5.05. The molecule has 1 amide bonds. The first-order valence-corrected chi connectivity index (χ1v) is 5.12. The molecule has 0 aromatic heterocycles. The molecule has 0 fully saturated rings. The molecule has 0 bridgehead atoms. The third kappa shape index (κ3) is 2.91. The minimum Gasteiger partial charge on any atom is -0.373 e. The van der Waals surface area contributed by atoms with Crippen molar-refractivity contribution in [2.45, 2.75) is 0 Å². The van der Waals surface area contributed by atoms with E-state index in [1.165, 1.54) is 4.90 Å². The molecule has 0 aliphatic rings. The summed E-state index contributed by atoms with van der Waals surface area (Å²) >= 11 is 5.86. The highest BCUT2D eigenvalue weighted by atomic mass is 35.5. The van der Waals surface area contributed by atoms with Crippen LogP contribution in [0.25, 0.3) is 0 Å². The molecule has 1 rings (SSSR count). The number of amides is 1. The number of terminal acetylenes is 1. The first kappa shape index (κ1) is 12.4. The van der Waals surface area contributed by atoms with Crippen molar-refractivity contribution in [3.8, 4) is 12.3 Å².